The second kappa shape index (κ2) is 4.86. The number of benzene rings is 2. The highest BCUT2D eigenvalue weighted by molar-refractivity contribution is 5.50. The van der Waals surface area contributed by atoms with Crippen molar-refractivity contribution in [3.8, 4) is 5.75 Å². The summed E-state index contributed by atoms with van der Waals surface area (Å²) in [5.74, 6) is 0.994. The van der Waals surface area contributed by atoms with Crippen molar-refractivity contribution in [2.45, 2.75) is 38.8 Å². The van der Waals surface area contributed by atoms with Gasteiger partial charge in [0.25, 0.3) is 0 Å². The largest absolute Gasteiger partial charge is 0.487 e. The van der Waals surface area contributed by atoms with Crippen molar-refractivity contribution >= 4 is 5.69 Å². The number of ether oxygens (including phenoxy) is 1. The lowest BCUT2D eigenvalue weighted by Gasteiger charge is -2.38. The minimum absolute atomic E-state index is 0.143. The van der Waals surface area contributed by atoms with Gasteiger partial charge in [-0.2, -0.15) is 0 Å². The number of nitrogens with one attached hydrogen (secondary N) is 1. The van der Waals surface area contributed by atoms with Crippen LogP contribution in [0.25, 0.3) is 0 Å². The number of rotatable bonds is 2. The summed E-state index contributed by atoms with van der Waals surface area (Å²) >= 11 is 0. The average Bonchev–Trinajstić information content (AvgIpc) is 2.37. The topological polar surface area (TPSA) is 21.3 Å². The maximum Gasteiger partial charge on any atom is 0.125 e. The van der Waals surface area contributed by atoms with E-state index in [0.717, 1.165) is 12.2 Å². The van der Waals surface area contributed by atoms with Crippen molar-refractivity contribution in [3.05, 3.63) is 59.7 Å². The van der Waals surface area contributed by atoms with Crippen molar-refractivity contribution < 1.29 is 4.74 Å². The van der Waals surface area contributed by atoms with Crippen molar-refractivity contribution in [3.63, 3.8) is 0 Å². The Hall–Kier alpha value is -1.96. The summed E-state index contributed by atoms with van der Waals surface area (Å²) in [4.78, 5) is 0. The van der Waals surface area contributed by atoms with E-state index in [1.807, 2.05) is 6.07 Å². The Morgan fingerprint density at radius 1 is 1.10 bits per heavy atom. The van der Waals surface area contributed by atoms with E-state index in [1.54, 1.807) is 0 Å². The minimum Gasteiger partial charge on any atom is -0.487 e. The van der Waals surface area contributed by atoms with Gasteiger partial charge in [-0.15, -0.1) is 0 Å². The van der Waals surface area contributed by atoms with Gasteiger partial charge in [0.2, 0.25) is 0 Å². The van der Waals surface area contributed by atoms with Crippen molar-refractivity contribution in [2.75, 3.05) is 5.32 Å². The van der Waals surface area contributed by atoms with E-state index in [0.29, 0.717) is 0 Å². The molecule has 0 saturated heterocycles. The molecule has 2 heteroatoms. The van der Waals surface area contributed by atoms with Gasteiger partial charge in [-0.3, -0.25) is 0 Å². The molecule has 0 saturated carbocycles. The zero-order valence-corrected chi connectivity index (χ0v) is 12.3. The van der Waals surface area contributed by atoms with Crippen molar-refractivity contribution in [1.82, 2.24) is 0 Å². The molecule has 1 atom stereocenters. The van der Waals surface area contributed by atoms with Crippen LogP contribution in [-0.4, -0.2) is 5.60 Å². The molecule has 0 spiro atoms. The number of aryl methyl sites for hydroxylation is 1. The third-order valence-electron chi connectivity index (χ3n) is 3.74. The Balaban J connectivity index is 1.93. The molecule has 1 N–H and O–H groups in total. The zero-order valence-electron chi connectivity index (χ0n) is 12.3. The van der Waals surface area contributed by atoms with E-state index in [-0.39, 0.29) is 11.6 Å². The number of fused-ring (bicyclic) bond motifs is 1. The summed E-state index contributed by atoms with van der Waals surface area (Å²) in [6, 6.07) is 17.1. The van der Waals surface area contributed by atoms with Gasteiger partial charge in [0.05, 0.1) is 6.04 Å². The van der Waals surface area contributed by atoms with E-state index in [1.165, 1.54) is 16.8 Å². The van der Waals surface area contributed by atoms with Gasteiger partial charge < -0.3 is 10.1 Å². The fourth-order valence-electron chi connectivity index (χ4n) is 2.87. The third-order valence-corrected chi connectivity index (χ3v) is 3.74. The van der Waals surface area contributed by atoms with Gasteiger partial charge in [0, 0.05) is 17.7 Å². The zero-order chi connectivity index (χ0) is 14.2. The molecule has 1 heterocycles. The Bertz CT molecular complexity index is 618. The molecule has 20 heavy (non-hydrogen) atoms. The predicted octanol–water partition coefficient (Wildman–Crippen LogP) is 4.71. The molecule has 2 aromatic carbocycles. The summed E-state index contributed by atoms with van der Waals surface area (Å²) in [5.41, 5.74) is 3.54. The fraction of sp³-hybridized carbons (Fsp3) is 0.333. The normalized spacial score (nSPS) is 19.9. The molecule has 2 nitrogen and oxygen atoms in total. The summed E-state index contributed by atoms with van der Waals surface area (Å²) < 4.78 is 6.07. The van der Waals surface area contributed by atoms with Crippen LogP contribution in [0.5, 0.6) is 5.75 Å². The summed E-state index contributed by atoms with van der Waals surface area (Å²) in [6.07, 6.45) is 0.956. The molecule has 1 aliphatic heterocycles. The maximum atomic E-state index is 6.07. The average molecular weight is 267 g/mol. The maximum absolute atomic E-state index is 6.07. The number of hydrogen-bond acceptors (Lipinski definition) is 2. The van der Waals surface area contributed by atoms with Crippen LogP contribution in [0.3, 0.4) is 0 Å². The first-order valence-electron chi connectivity index (χ1n) is 7.15. The van der Waals surface area contributed by atoms with Gasteiger partial charge in [-0.05, 0) is 44.5 Å². The van der Waals surface area contributed by atoms with E-state index in [4.69, 9.17) is 4.74 Å². The first-order valence-corrected chi connectivity index (χ1v) is 7.15. The standard InChI is InChI=1S/C18H21NO/c1-13-7-6-8-14(11-13)19-16-12-18(2,3)20-17-10-5-4-9-15(16)17/h4-11,16,19H,12H2,1-3H3. The van der Waals surface area contributed by atoms with Crippen LogP contribution in [-0.2, 0) is 0 Å². The van der Waals surface area contributed by atoms with Crippen LogP contribution in [0.4, 0.5) is 5.69 Å². The molecule has 0 radical (unpaired) electrons. The Morgan fingerprint density at radius 2 is 1.90 bits per heavy atom. The van der Waals surface area contributed by atoms with Crippen LogP contribution in [0.15, 0.2) is 48.5 Å². The monoisotopic (exact) mass is 267 g/mol. The highest BCUT2D eigenvalue weighted by Crippen LogP contribution is 2.40. The van der Waals surface area contributed by atoms with Crippen LogP contribution in [0.1, 0.15) is 37.4 Å². The molecular weight excluding hydrogens is 246 g/mol. The Kier molecular flexibility index (Phi) is 3.17. The number of anilines is 1. The van der Waals surface area contributed by atoms with E-state index in [9.17, 15) is 0 Å². The quantitative estimate of drug-likeness (QED) is 0.851. The summed E-state index contributed by atoms with van der Waals surface area (Å²) in [6.45, 7) is 6.41. The van der Waals surface area contributed by atoms with Gasteiger partial charge >= 0.3 is 0 Å². The molecule has 2 aromatic rings. The predicted molar refractivity (Wildman–Crippen MR) is 83.3 cm³/mol. The first-order chi connectivity index (χ1) is 9.53. The molecule has 3 rings (SSSR count). The van der Waals surface area contributed by atoms with E-state index >= 15 is 0 Å². The van der Waals surface area contributed by atoms with Crippen LogP contribution < -0.4 is 10.1 Å². The lowest BCUT2D eigenvalue weighted by molar-refractivity contribution is 0.0759. The highest BCUT2D eigenvalue weighted by Gasteiger charge is 2.33. The molecule has 1 unspecified atom stereocenters. The first kappa shape index (κ1) is 13.0. The molecule has 0 fully saturated rings. The molecule has 104 valence electrons. The van der Waals surface area contributed by atoms with Crippen molar-refractivity contribution in [1.29, 1.82) is 0 Å². The fourth-order valence-corrected chi connectivity index (χ4v) is 2.87. The van der Waals surface area contributed by atoms with Crippen LogP contribution >= 0.6 is 0 Å². The van der Waals surface area contributed by atoms with Gasteiger partial charge in [0.1, 0.15) is 11.4 Å². The Morgan fingerprint density at radius 3 is 2.70 bits per heavy atom. The van der Waals surface area contributed by atoms with Crippen LogP contribution in [0, 0.1) is 6.92 Å². The van der Waals surface area contributed by atoms with Gasteiger partial charge in [0.15, 0.2) is 0 Å². The Labute approximate surface area is 120 Å². The van der Waals surface area contributed by atoms with Gasteiger partial charge in [-0.25, -0.2) is 0 Å². The lowest BCUT2D eigenvalue weighted by Crippen LogP contribution is -2.37. The second-order valence-corrected chi connectivity index (χ2v) is 6.17. The molecule has 0 bridgehead atoms. The summed E-state index contributed by atoms with van der Waals surface area (Å²) in [5, 5.41) is 3.65. The van der Waals surface area contributed by atoms with Gasteiger partial charge in [-0.1, -0.05) is 30.3 Å². The molecule has 0 aromatic heterocycles. The molecule has 1 aliphatic rings. The molecule has 0 amide bonds. The SMILES string of the molecule is Cc1cccc(NC2CC(C)(C)Oc3ccccc32)c1. The number of hydrogen-bond donors (Lipinski definition) is 1. The molecular formula is C18H21NO. The minimum atomic E-state index is -0.143. The van der Waals surface area contributed by atoms with E-state index in [2.05, 4.69) is 68.6 Å². The molecule has 0 aliphatic carbocycles. The smallest absolute Gasteiger partial charge is 0.125 e. The lowest BCUT2D eigenvalue weighted by atomic mass is 9.89. The summed E-state index contributed by atoms with van der Waals surface area (Å²) in [7, 11) is 0. The third kappa shape index (κ3) is 2.64. The van der Waals surface area contributed by atoms with Crippen LogP contribution in [0.2, 0.25) is 0 Å². The van der Waals surface area contributed by atoms with E-state index < -0.39 is 0 Å². The highest BCUT2D eigenvalue weighted by atomic mass is 16.5. The second-order valence-electron chi connectivity index (χ2n) is 6.17. The number of para-hydroxylation sites is 1. The van der Waals surface area contributed by atoms with Crippen molar-refractivity contribution in [2.24, 2.45) is 0 Å².